The van der Waals surface area contributed by atoms with Gasteiger partial charge in [0.2, 0.25) is 0 Å². The van der Waals surface area contributed by atoms with Crippen molar-refractivity contribution >= 4 is 53.2 Å². The van der Waals surface area contributed by atoms with E-state index in [1.54, 1.807) is 0 Å². The molecular weight excluding hydrogens is 367 g/mol. The van der Waals surface area contributed by atoms with Gasteiger partial charge in [-0.3, -0.25) is 0 Å². The molecule has 8 heteroatoms. The number of carbonyl (C=O) groups excluding carboxylic acids is 1. The average molecular weight is 376 g/mol. The lowest BCUT2D eigenvalue weighted by Gasteiger charge is -2.08. The maximum Gasteiger partial charge on any atom is 0.339 e. The summed E-state index contributed by atoms with van der Waals surface area (Å²) in [5.41, 5.74) is -0.0429. The lowest BCUT2D eigenvalue weighted by molar-refractivity contribution is 0.0505. The molecule has 1 aromatic carbocycles. The highest BCUT2D eigenvalue weighted by Crippen LogP contribution is 2.32. The fraction of sp³-hybridized carbons (Fsp3) is 0.300. The minimum Gasteiger partial charge on any atom is -0.462 e. The highest BCUT2D eigenvalue weighted by Gasteiger charge is 2.22. The van der Waals surface area contributed by atoms with Gasteiger partial charge in [0.15, 0.2) is 0 Å². The summed E-state index contributed by atoms with van der Waals surface area (Å²) in [4.78, 5) is 11.4. The molecule has 0 bridgehead atoms. The maximum absolute atomic E-state index is 11.7. The lowest BCUT2D eigenvalue weighted by Crippen LogP contribution is -2.08. The zero-order valence-corrected chi connectivity index (χ0v) is 13.2. The minimum atomic E-state index is -4.03. The van der Waals surface area contributed by atoms with E-state index in [1.165, 1.54) is 12.1 Å². The molecule has 0 aliphatic rings. The maximum atomic E-state index is 11.7. The van der Waals surface area contributed by atoms with Gasteiger partial charge in [-0.2, -0.15) is 0 Å². The molecule has 0 amide bonds. The van der Waals surface area contributed by atoms with Crippen molar-refractivity contribution in [2.75, 3.05) is 6.61 Å². The van der Waals surface area contributed by atoms with Crippen LogP contribution in [0.1, 0.15) is 23.7 Å². The predicted molar refractivity (Wildman–Crippen MR) is 72.8 cm³/mol. The minimum absolute atomic E-state index is 0.0429. The van der Waals surface area contributed by atoms with Crippen LogP contribution >= 0.6 is 38.2 Å². The molecule has 0 fully saturated rings. The van der Waals surface area contributed by atoms with Crippen LogP contribution in [-0.2, 0) is 13.8 Å². The summed E-state index contributed by atoms with van der Waals surface area (Å²) in [6, 6.07) is 2.60. The number of hydrogen-bond donors (Lipinski definition) is 0. The zero-order chi connectivity index (χ0) is 13.9. The Morgan fingerprint density at radius 3 is 2.56 bits per heavy atom. The molecule has 18 heavy (non-hydrogen) atoms. The van der Waals surface area contributed by atoms with Crippen LogP contribution < -0.4 is 0 Å². The normalized spacial score (nSPS) is 11.3. The van der Waals surface area contributed by atoms with Crippen LogP contribution in [0, 0.1) is 0 Å². The second kappa shape index (κ2) is 6.23. The van der Waals surface area contributed by atoms with Crippen molar-refractivity contribution in [2.45, 2.75) is 18.2 Å². The molecule has 4 nitrogen and oxygen atoms in total. The van der Waals surface area contributed by atoms with Gasteiger partial charge in [-0.1, -0.05) is 34.5 Å². The van der Waals surface area contributed by atoms with Gasteiger partial charge in [-0.25, -0.2) is 13.2 Å². The lowest BCUT2D eigenvalue weighted by atomic mass is 10.2. The van der Waals surface area contributed by atoms with Crippen molar-refractivity contribution in [3.63, 3.8) is 0 Å². The van der Waals surface area contributed by atoms with E-state index >= 15 is 0 Å². The topological polar surface area (TPSA) is 60.4 Å². The number of benzene rings is 1. The predicted octanol–water partition coefficient (Wildman–Crippen LogP) is 3.60. The quantitative estimate of drug-likeness (QED) is 0.595. The molecule has 0 aliphatic heterocycles. The molecule has 0 heterocycles. The smallest absolute Gasteiger partial charge is 0.339 e. The van der Waals surface area contributed by atoms with E-state index in [0.717, 1.165) is 0 Å². The van der Waals surface area contributed by atoms with Gasteiger partial charge < -0.3 is 4.74 Å². The number of hydrogen-bond acceptors (Lipinski definition) is 4. The molecule has 0 saturated heterocycles. The van der Waals surface area contributed by atoms with Crippen LogP contribution in [0.15, 0.2) is 21.5 Å². The standard InChI is InChI=1S/C10H9BrCl2O4S/c1-2-3-17-10(14)7-4-6(11)5-8(9(7)12)18(13,15)16/h4-5H,2-3H2,1H3. The van der Waals surface area contributed by atoms with Gasteiger partial charge in [-0.05, 0) is 18.6 Å². The molecule has 0 aromatic heterocycles. The van der Waals surface area contributed by atoms with Crippen molar-refractivity contribution in [1.29, 1.82) is 0 Å². The molecule has 0 unspecified atom stereocenters. The van der Waals surface area contributed by atoms with E-state index in [-0.39, 0.29) is 22.1 Å². The van der Waals surface area contributed by atoms with Crippen LogP contribution in [0.3, 0.4) is 0 Å². The second-order valence-corrected chi connectivity index (χ2v) is 7.17. The average Bonchev–Trinajstić information content (AvgIpc) is 2.27. The van der Waals surface area contributed by atoms with Crippen LogP contribution in [0.2, 0.25) is 5.02 Å². The third-order valence-corrected chi connectivity index (χ3v) is 4.25. The van der Waals surface area contributed by atoms with Crippen molar-refractivity contribution in [3.8, 4) is 0 Å². The molecule has 0 radical (unpaired) electrons. The van der Waals surface area contributed by atoms with E-state index in [9.17, 15) is 13.2 Å². The second-order valence-electron chi connectivity index (χ2n) is 3.34. The third kappa shape index (κ3) is 3.85. The summed E-state index contributed by atoms with van der Waals surface area (Å²) in [5, 5.41) is -0.241. The Labute approximate surface area is 123 Å². The summed E-state index contributed by atoms with van der Waals surface area (Å²) >= 11 is 8.94. The zero-order valence-electron chi connectivity index (χ0n) is 9.24. The number of ether oxygens (including phenoxy) is 1. The van der Waals surface area contributed by atoms with Gasteiger partial charge in [0.05, 0.1) is 17.2 Å². The van der Waals surface area contributed by atoms with Gasteiger partial charge >= 0.3 is 5.97 Å². The molecule has 0 N–H and O–H groups in total. The summed E-state index contributed by atoms with van der Waals surface area (Å²) < 4.78 is 27.9. The van der Waals surface area contributed by atoms with Gasteiger partial charge in [0, 0.05) is 15.2 Å². The van der Waals surface area contributed by atoms with Crippen LogP contribution in [0.25, 0.3) is 0 Å². The van der Waals surface area contributed by atoms with Gasteiger partial charge in [0.25, 0.3) is 9.05 Å². The molecule has 100 valence electrons. The summed E-state index contributed by atoms with van der Waals surface area (Å²) in [6.45, 7) is 2.06. The summed E-state index contributed by atoms with van der Waals surface area (Å²) in [5.74, 6) is -0.690. The highest BCUT2D eigenvalue weighted by atomic mass is 79.9. The van der Waals surface area contributed by atoms with Crippen LogP contribution in [-0.4, -0.2) is 21.0 Å². The van der Waals surface area contributed by atoms with Crippen LogP contribution in [0.5, 0.6) is 0 Å². The van der Waals surface area contributed by atoms with Crippen molar-refractivity contribution in [2.24, 2.45) is 0 Å². The Kier molecular flexibility index (Phi) is 5.46. The van der Waals surface area contributed by atoms with Crippen LogP contribution in [0.4, 0.5) is 0 Å². The van der Waals surface area contributed by atoms with Crippen molar-refractivity contribution < 1.29 is 17.9 Å². The molecule has 1 rings (SSSR count). The first-order chi connectivity index (χ1) is 8.27. The Balaban J connectivity index is 3.30. The fourth-order valence-corrected chi connectivity index (χ4v) is 3.34. The Hall–Kier alpha value is -0.300. The highest BCUT2D eigenvalue weighted by molar-refractivity contribution is 9.10. The molecule has 0 spiro atoms. The largest absolute Gasteiger partial charge is 0.462 e. The molecule has 0 saturated carbocycles. The van der Waals surface area contributed by atoms with E-state index in [0.29, 0.717) is 10.9 Å². The van der Waals surface area contributed by atoms with E-state index in [2.05, 4.69) is 15.9 Å². The Bertz CT molecular complexity index is 571. The monoisotopic (exact) mass is 374 g/mol. The van der Waals surface area contributed by atoms with E-state index in [4.69, 9.17) is 27.0 Å². The number of esters is 1. The molecular formula is C10H9BrCl2O4S. The first-order valence-electron chi connectivity index (χ1n) is 4.88. The molecule has 0 atom stereocenters. The SMILES string of the molecule is CCCOC(=O)c1cc(Br)cc(S(=O)(=O)Cl)c1Cl. The summed E-state index contributed by atoms with van der Waals surface area (Å²) in [6.07, 6.45) is 0.651. The third-order valence-electron chi connectivity index (χ3n) is 1.92. The van der Waals surface area contributed by atoms with Crippen molar-refractivity contribution in [3.05, 3.63) is 27.2 Å². The Morgan fingerprint density at radius 1 is 1.44 bits per heavy atom. The van der Waals surface area contributed by atoms with Gasteiger partial charge in [0.1, 0.15) is 4.90 Å². The number of rotatable bonds is 4. The number of carbonyl (C=O) groups is 1. The van der Waals surface area contributed by atoms with Crippen molar-refractivity contribution in [1.82, 2.24) is 0 Å². The van der Waals surface area contributed by atoms with E-state index in [1.807, 2.05) is 6.92 Å². The Morgan fingerprint density at radius 2 is 2.06 bits per heavy atom. The first kappa shape index (κ1) is 15.8. The molecule has 0 aliphatic carbocycles. The number of halogens is 3. The first-order valence-corrected chi connectivity index (χ1v) is 8.36. The van der Waals surface area contributed by atoms with Gasteiger partial charge in [-0.15, -0.1) is 0 Å². The summed E-state index contributed by atoms with van der Waals surface area (Å²) in [7, 11) is 1.20. The van der Waals surface area contributed by atoms with E-state index < -0.39 is 15.0 Å². The molecule has 1 aromatic rings. The fourth-order valence-electron chi connectivity index (χ4n) is 1.16.